The normalized spacial score (nSPS) is 19.9. The molecule has 2 aromatic rings. The average Bonchev–Trinajstić information content (AvgIpc) is 3.25. The monoisotopic (exact) mass is 636 g/mol. The van der Waals surface area contributed by atoms with Gasteiger partial charge in [-0.15, -0.1) is 6.58 Å². The van der Waals surface area contributed by atoms with Gasteiger partial charge in [-0.2, -0.15) is 5.10 Å². The van der Waals surface area contributed by atoms with E-state index in [1.807, 2.05) is 44.9 Å². The minimum absolute atomic E-state index is 0.00572. The number of esters is 2. The lowest BCUT2D eigenvalue weighted by Crippen LogP contribution is -2.44. The summed E-state index contributed by atoms with van der Waals surface area (Å²) in [6.45, 7) is 12.3. The fourth-order valence-electron chi connectivity index (χ4n) is 6.92. The summed E-state index contributed by atoms with van der Waals surface area (Å²) in [7, 11) is 5.93. The van der Waals surface area contributed by atoms with E-state index in [1.165, 1.54) is 6.92 Å². The number of aromatic nitrogens is 2. The molecule has 1 heterocycles. The minimum Gasteiger partial charge on any atom is -0.462 e. The van der Waals surface area contributed by atoms with Crippen molar-refractivity contribution in [2.75, 3.05) is 39.1 Å². The van der Waals surface area contributed by atoms with Crippen LogP contribution in [0.4, 0.5) is 5.69 Å². The topological polar surface area (TPSA) is 134 Å². The molecule has 0 saturated heterocycles. The van der Waals surface area contributed by atoms with E-state index in [9.17, 15) is 19.2 Å². The molecule has 2 aliphatic carbocycles. The Morgan fingerprint density at radius 2 is 1.85 bits per heavy atom. The summed E-state index contributed by atoms with van der Waals surface area (Å²) in [6, 6.07) is 5.53. The van der Waals surface area contributed by atoms with Crippen LogP contribution < -0.4 is 10.6 Å². The van der Waals surface area contributed by atoms with Gasteiger partial charge in [-0.3, -0.25) is 19.2 Å². The van der Waals surface area contributed by atoms with Crippen molar-refractivity contribution in [1.29, 1.82) is 0 Å². The van der Waals surface area contributed by atoms with Gasteiger partial charge in [-0.1, -0.05) is 19.9 Å². The van der Waals surface area contributed by atoms with Crippen LogP contribution in [-0.2, 0) is 25.5 Å². The molecule has 250 valence electrons. The minimum atomic E-state index is -0.558. The number of amides is 1. The Morgan fingerprint density at radius 1 is 1.17 bits per heavy atom. The molecule has 1 saturated carbocycles. The van der Waals surface area contributed by atoms with Crippen molar-refractivity contribution in [2.24, 2.45) is 11.1 Å². The first-order valence-corrected chi connectivity index (χ1v) is 16.1. The number of nitrogens with two attached hydrogens (primary N) is 1. The zero-order valence-electron chi connectivity index (χ0n) is 28.4. The number of anilines is 1. The van der Waals surface area contributed by atoms with Crippen LogP contribution in [0.1, 0.15) is 91.4 Å². The highest BCUT2D eigenvalue weighted by Crippen LogP contribution is 2.38. The number of ketones is 1. The highest BCUT2D eigenvalue weighted by Gasteiger charge is 2.36. The van der Waals surface area contributed by atoms with Gasteiger partial charge in [0.15, 0.2) is 11.9 Å². The maximum Gasteiger partial charge on any atom is 0.310 e. The van der Waals surface area contributed by atoms with E-state index in [1.54, 1.807) is 12.1 Å². The van der Waals surface area contributed by atoms with Gasteiger partial charge in [0.2, 0.25) is 0 Å². The van der Waals surface area contributed by atoms with Crippen molar-refractivity contribution in [3.8, 4) is 5.69 Å². The zero-order valence-corrected chi connectivity index (χ0v) is 28.4. The number of ether oxygens (including phenoxy) is 2. The van der Waals surface area contributed by atoms with E-state index in [-0.39, 0.29) is 35.7 Å². The largest absolute Gasteiger partial charge is 0.462 e. The Kier molecular flexibility index (Phi) is 10.5. The molecule has 1 aromatic carbocycles. The van der Waals surface area contributed by atoms with Crippen LogP contribution in [0.15, 0.2) is 30.9 Å². The van der Waals surface area contributed by atoms with Gasteiger partial charge in [0.05, 0.1) is 61.5 Å². The van der Waals surface area contributed by atoms with Crippen molar-refractivity contribution in [3.05, 3.63) is 53.4 Å². The van der Waals surface area contributed by atoms with Crippen molar-refractivity contribution in [2.45, 2.75) is 90.9 Å². The predicted octanol–water partition coefficient (Wildman–Crippen LogP) is 4.31. The van der Waals surface area contributed by atoms with Crippen LogP contribution in [0, 0.1) is 12.3 Å². The van der Waals surface area contributed by atoms with Gasteiger partial charge >= 0.3 is 11.9 Å². The lowest BCUT2D eigenvalue weighted by atomic mass is 9.75. The van der Waals surface area contributed by atoms with Crippen molar-refractivity contribution < 1.29 is 33.1 Å². The molecule has 1 atom stereocenters. The Bertz CT molecular complexity index is 1500. The van der Waals surface area contributed by atoms with Crippen molar-refractivity contribution in [3.63, 3.8) is 0 Å². The van der Waals surface area contributed by atoms with Crippen LogP contribution in [0.3, 0.4) is 0 Å². The summed E-state index contributed by atoms with van der Waals surface area (Å²) < 4.78 is 13.6. The quantitative estimate of drug-likeness (QED) is 0.207. The molecule has 11 nitrogen and oxygen atoms in total. The number of nitrogens with zero attached hydrogens (tertiary/aromatic N) is 4. The number of likely N-dealkylation sites (N-methyl/N-ethyl adjacent to an activating group) is 1. The first-order valence-electron chi connectivity index (χ1n) is 16.1. The zero-order chi connectivity index (χ0) is 34.0. The number of quaternary nitrogens is 1. The van der Waals surface area contributed by atoms with Crippen LogP contribution in [0.25, 0.3) is 5.69 Å². The molecule has 0 bridgehead atoms. The summed E-state index contributed by atoms with van der Waals surface area (Å²) in [4.78, 5) is 52.3. The third-order valence-electron chi connectivity index (χ3n) is 8.71. The number of Topliss-reactive ketones (excluding diaryl/α,β-unsaturated/α-hetero) is 1. The second kappa shape index (κ2) is 13.8. The number of primary amides is 1. The molecule has 2 N–H and O–H groups in total. The molecule has 1 amide bonds. The third kappa shape index (κ3) is 8.43. The Balaban J connectivity index is 1.54. The van der Waals surface area contributed by atoms with Gasteiger partial charge in [0.25, 0.3) is 5.91 Å². The van der Waals surface area contributed by atoms with Crippen LogP contribution in [0.2, 0.25) is 0 Å². The maximum absolute atomic E-state index is 13.0. The molecule has 0 aliphatic heterocycles. The van der Waals surface area contributed by atoms with Gasteiger partial charge in [-0.05, 0) is 62.6 Å². The van der Waals surface area contributed by atoms with Gasteiger partial charge < -0.3 is 24.6 Å². The Hall–Kier alpha value is -3.99. The summed E-state index contributed by atoms with van der Waals surface area (Å²) in [5.41, 5.74) is 9.77. The summed E-state index contributed by atoms with van der Waals surface area (Å²) in [5.74, 6) is -1.24. The van der Waals surface area contributed by atoms with Crippen molar-refractivity contribution >= 4 is 29.3 Å². The molecule has 1 fully saturated rings. The molecule has 46 heavy (non-hydrogen) atoms. The molecular weight excluding hydrogens is 586 g/mol. The Morgan fingerprint density at radius 3 is 2.43 bits per heavy atom. The molecule has 2 aliphatic rings. The van der Waals surface area contributed by atoms with Crippen LogP contribution in [0.5, 0.6) is 0 Å². The van der Waals surface area contributed by atoms with Gasteiger partial charge in [0.1, 0.15) is 12.6 Å². The highest BCUT2D eigenvalue weighted by molar-refractivity contribution is 6.00. The summed E-state index contributed by atoms with van der Waals surface area (Å²) in [6.07, 6.45) is 4.91. The molecule has 0 radical (unpaired) electrons. The number of fused-ring (bicyclic) bond motifs is 1. The lowest BCUT2D eigenvalue weighted by Gasteiger charge is -2.38. The molecular formula is C35H50N5O6+. The van der Waals surface area contributed by atoms with Gasteiger partial charge in [0, 0.05) is 25.9 Å². The Labute approximate surface area is 272 Å². The number of carbonyl (C=O) groups excluding carboxylic acids is 4. The van der Waals surface area contributed by atoms with E-state index in [0.29, 0.717) is 65.8 Å². The molecule has 1 unspecified atom stereocenters. The lowest BCUT2D eigenvalue weighted by molar-refractivity contribution is -0.873. The summed E-state index contributed by atoms with van der Waals surface area (Å²) >= 11 is 0. The average molecular weight is 637 g/mol. The van der Waals surface area contributed by atoms with E-state index < -0.39 is 18.0 Å². The SMILES string of the molecule is C=CCN(c1cc(-n2nc(C)c3c2CC(C)(C)CC3=O)ccc1C(N)=O)C1CCC(OC(=O)CC(C[N+](C)(C)C)OC(C)=O)CC1. The first-order chi connectivity index (χ1) is 21.5. The number of carbonyl (C=O) groups is 4. The van der Waals surface area contributed by atoms with Crippen LogP contribution in [-0.4, -0.2) is 90.4 Å². The highest BCUT2D eigenvalue weighted by atomic mass is 16.6. The number of aryl methyl sites for hydroxylation is 1. The molecule has 4 rings (SSSR count). The number of hydrogen-bond acceptors (Lipinski definition) is 8. The van der Waals surface area contributed by atoms with E-state index in [4.69, 9.17) is 20.3 Å². The molecule has 0 spiro atoms. The van der Waals surface area contributed by atoms with Gasteiger partial charge in [-0.25, -0.2) is 4.68 Å². The van der Waals surface area contributed by atoms with E-state index in [0.717, 1.165) is 24.2 Å². The maximum atomic E-state index is 13.0. The standard InChI is InChI=1S/C35H49N5O6/c1-9-16-38(24-10-13-26(14-11-24)46-32(43)18-27(45-23(3)41)21-40(6,7)8)29-17-25(12-15-28(29)34(36)44)39-30-19-35(4,5)20-31(42)33(30)22(2)37-39/h9,12,15,17,24,26-27H,1,10-11,13-14,16,18-21H2,2-8H3,(H-,36,44)/p+1. The third-order valence-corrected chi connectivity index (χ3v) is 8.71. The molecule has 11 heteroatoms. The molecule has 1 aromatic heterocycles. The first kappa shape index (κ1) is 34.9. The number of rotatable bonds is 12. The summed E-state index contributed by atoms with van der Waals surface area (Å²) in [5, 5.41) is 4.77. The fourth-order valence-corrected chi connectivity index (χ4v) is 6.92. The second-order valence-electron chi connectivity index (χ2n) is 14.6. The number of hydrogen-bond donors (Lipinski definition) is 1. The van der Waals surface area contributed by atoms with E-state index in [2.05, 4.69) is 25.3 Å². The van der Waals surface area contributed by atoms with Crippen molar-refractivity contribution in [1.82, 2.24) is 9.78 Å². The second-order valence-corrected chi connectivity index (χ2v) is 14.6. The predicted molar refractivity (Wildman–Crippen MR) is 176 cm³/mol. The van der Waals surface area contributed by atoms with E-state index >= 15 is 0 Å². The number of benzene rings is 1. The van der Waals surface area contributed by atoms with Crippen LogP contribution >= 0.6 is 0 Å². The fraction of sp³-hybridized carbons (Fsp3) is 0.571. The smallest absolute Gasteiger partial charge is 0.310 e.